The number of ether oxygens (including phenoxy) is 1. The van der Waals surface area contributed by atoms with Crippen LogP contribution in [0.5, 0.6) is 0 Å². The Labute approximate surface area is 224 Å². The number of carbonyl (C=O) groups excluding carboxylic acids is 1. The Morgan fingerprint density at radius 1 is 0.583 bits per heavy atom. The molecule has 0 aromatic carbocycles. The second kappa shape index (κ2) is 28.3. The molecule has 0 amide bonds. The molecule has 0 spiro atoms. The molecule has 212 valence electrons. The van der Waals surface area contributed by atoms with Crippen LogP contribution in [0.15, 0.2) is 12.2 Å². The van der Waals surface area contributed by atoms with E-state index in [4.69, 9.17) is 9.84 Å². The molecule has 0 aliphatic rings. The van der Waals surface area contributed by atoms with Gasteiger partial charge in [0.1, 0.15) is 6.10 Å². The minimum Gasteiger partial charge on any atom is -0.481 e. The van der Waals surface area contributed by atoms with E-state index in [9.17, 15) is 9.59 Å². The summed E-state index contributed by atoms with van der Waals surface area (Å²) in [7, 11) is 0. The van der Waals surface area contributed by atoms with Crippen molar-refractivity contribution in [2.24, 2.45) is 0 Å². The van der Waals surface area contributed by atoms with Crippen molar-refractivity contribution in [1.82, 2.24) is 0 Å². The fourth-order valence-electron chi connectivity index (χ4n) is 4.71. The van der Waals surface area contributed by atoms with Gasteiger partial charge in [0.15, 0.2) is 0 Å². The van der Waals surface area contributed by atoms with Gasteiger partial charge >= 0.3 is 11.9 Å². The molecular weight excluding hydrogens is 448 g/mol. The van der Waals surface area contributed by atoms with Crippen LogP contribution in [-0.4, -0.2) is 23.1 Å². The summed E-state index contributed by atoms with van der Waals surface area (Å²) >= 11 is 0. The summed E-state index contributed by atoms with van der Waals surface area (Å²) in [6, 6.07) is 0. The Morgan fingerprint density at radius 3 is 1.53 bits per heavy atom. The lowest BCUT2D eigenvalue weighted by Gasteiger charge is -2.17. The van der Waals surface area contributed by atoms with Crippen LogP contribution in [0.2, 0.25) is 0 Å². The number of carboxylic acids is 1. The summed E-state index contributed by atoms with van der Waals surface area (Å²) in [5, 5.41) is 8.76. The average Bonchev–Trinajstić information content (AvgIpc) is 2.85. The Morgan fingerprint density at radius 2 is 1.06 bits per heavy atom. The molecule has 4 nitrogen and oxygen atoms in total. The van der Waals surface area contributed by atoms with E-state index in [0.29, 0.717) is 19.3 Å². The molecule has 4 heteroatoms. The quantitative estimate of drug-likeness (QED) is 0.0648. The Balaban J connectivity index is 3.41. The number of allylic oxidation sites excluding steroid dienone is 2. The lowest BCUT2D eigenvalue weighted by Crippen LogP contribution is -2.18. The first-order chi connectivity index (χ1) is 17.6. The van der Waals surface area contributed by atoms with E-state index in [1.807, 2.05) is 0 Å². The van der Waals surface area contributed by atoms with Crippen molar-refractivity contribution in [2.45, 2.75) is 180 Å². The molecule has 0 saturated carbocycles. The van der Waals surface area contributed by atoms with Gasteiger partial charge in [0.25, 0.3) is 0 Å². The lowest BCUT2D eigenvalue weighted by molar-refractivity contribution is -0.150. The Kier molecular flexibility index (Phi) is 27.2. The standard InChI is InChI=1S/C32H60O4/c1-3-5-6-7-8-9-10-11-12-13-14-15-16-17-18-19-20-21-22-23-24-29-32(35)36-30(26-4-2)27-25-28-31(33)34/h13-14,30H,3-12,15-29H2,1-2H3,(H,33,34)/b14-13-. The van der Waals surface area contributed by atoms with Crippen molar-refractivity contribution in [3.63, 3.8) is 0 Å². The highest BCUT2D eigenvalue weighted by atomic mass is 16.5. The molecule has 1 atom stereocenters. The number of rotatable bonds is 28. The summed E-state index contributed by atoms with van der Waals surface area (Å²) in [6.45, 7) is 4.34. The molecule has 1 N–H and O–H groups in total. The molecule has 0 saturated heterocycles. The largest absolute Gasteiger partial charge is 0.481 e. The van der Waals surface area contributed by atoms with Gasteiger partial charge in [-0.1, -0.05) is 122 Å². The third kappa shape index (κ3) is 27.3. The topological polar surface area (TPSA) is 63.6 Å². The molecule has 0 fully saturated rings. The van der Waals surface area contributed by atoms with Gasteiger partial charge in [0.2, 0.25) is 0 Å². The molecule has 0 radical (unpaired) electrons. The first kappa shape index (κ1) is 34.7. The number of esters is 1. The van der Waals surface area contributed by atoms with Crippen LogP contribution in [0, 0.1) is 0 Å². The number of hydrogen-bond acceptors (Lipinski definition) is 3. The summed E-state index contributed by atoms with van der Waals surface area (Å²) in [6.07, 6.45) is 33.1. The number of aliphatic carboxylic acids is 1. The van der Waals surface area contributed by atoms with E-state index in [1.54, 1.807) is 0 Å². The SMILES string of the molecule is CCCCCCCCCC/C=C\CCCCCCCCCCCC(=O)OC(CCC)CCCC(=O)O. The maximum absolute atomic E-state index is 12.1. The molecule has 36 heavy (non-hydrogen) atoms. The summed E-state index contributed by atoms with van der Waals surface area (Å²) in [5.41, 5.74) is 0. The normalized spacial score (nSPS) is 12.3. The van der Waals surface area contributed by atoms with E-state index in [0.717, 1.165) is 25.7 Å². The van der Waals surface area contributed by atoms with E-state index < -0.39 is 5.97 Å². The monoisotopic (exact) mass is 508 g/mol. The van der Waals surface area contributed by atoms with Crippen LogP contribution in [0.3, 0.4) is 0 Å². The zero-order valence-corrected chi connectivity index (χ0v) is 24.1. The van der Waals surface area contributed by atoms with Gasteiger partial charge in [-0.25, -0.2) is 0 Å². The molecule has 1 unspecified atom stereocenters. The Hall–Kier alpha value is -1.32. The highest BCUT2D eigenvalue weighted by molar-refractivity contribution is 5.69. The highest BCUT2D eigenvalue weighted by Gasteiger charge is 2.14. The van der Waals surface area contributed by atoms with Crippen LogP contribution >= 0.6 is 0 Å². The van der Waals surface area contributed by atoms with Crippen LogP contribution < -0.4 is 0 Å². The highest BCUT2D eigenvalue weighted by Crippen LogP contribution is 2.15. The van der Waals surface area contributed by atoms with Crippen molar-refractivity contribution in [3.8, 4) is 0 Å². The zero-order chi connectivity index (χ0) is 26.5. The predicted molar refractivity (Wildman–Crippen MR) is 153 cm³/mol. The Bertz CT molecular complexity index is 514. The van der Waals surface area contributed by atoms with Gasteiger partial charge < -0.3 is 9.84 Å². The number of unbranched alkanes of at least 4 members (excludes halogenated alkanes) is 17. The molecule has 0 aromatic heterocycles. The summed E-state index contributed by atoms with van der Waals surface area (Å²) in [4.78, 5) is 22.7. The van der Waals surface area contributed by atoms with E-state index >= 15 is 0 Å². The van der Waals surface area contributed by atoms with E-state index in [1.165, 1.54) is 109 Å². The second-order valence-corrected chi connectivity index (χ2v) is 10.6. The molecule has 0 aliphatic carbocycles. The van der Waals surface area contributed by atoms with Crippen molar-refractivity contribution in [1.29, 1.82) is 0 Å². The maximum Gasteiger partial charge on any atom is 0.306 e. The smallest absolute Gasteiger partial charge is 0.306 e. The zero-order valence-electron chi connectivity index (χ0n) is 24.1. The number of carbonyl (C=O) groups is 2. The molecule has 0 bridgehead atoms. The van der Waals surface area contributed by atoms with Gasteiger partial charge in [-0.2, -0.15) is 0 Å². The van der Waals surface area contributed by atoms with Crippen molar-refractivity contribution >= 4 is 11.9 Å². The number of carboxylic acid groups (broad SMARTS) is 1. The number of hydrogen-bond donors (Lipinski definition) is 1. The van der Waals surface area contributed by atoms with Crippen molar-refractivity contribution < 1.29 is 19.4 Å². The average molecular weight is 509 g/mol. The lowest BCUT2D eigenvalue weighted by atomic mass is 10.0. The summed E-state index contributed by atoms with van der Waals surface area (Å²) in [5.74, 6) is -0.899. The molecule has 0 aliphatic heterocycles. The third-order valence-corrected chi connectivity index (χ3v) is 6.97. The fraction of sp³-hybridized carbons (Fsp3) is 0.875. The summed E-state index contributed by atoms with van der Waals surface area (Å²) < 4.78 is 5.58. The van der Waals surface area contributed by atoms with Gasteiger partial charge in [-0.15, -0.1) is 0 Å². The maximum atomic E-state index is 12.1. The van der Waals surface area contributed by atoms with Gasteiger partial charge in [0.05, 0.1) is 0 Å². The predicted octanol–water partition coefficient (Wildman–Crippen LogP) is 10.3. The minimum atomic E-state index is -0.784. The second-order valence-electron chi connectivity index (χ2n) is 10.6. The van der Waals surface area contributed by atoms with Crippen molar-refractivity contribution in [2.75, 3.05) is 0 Å². The van der Waals surface area contributed by atoms with Crippen LogP contribution in [0.25, 0.3) is 0 Å². The van der Waals surface area contributed by atoms with Gasteiger partial charge in [0, 0.05) is 12.8 Å². The molecule has 0 rings (SSSR count). The molecule has 0 aromatic rings. The van der Waals surface area contributed by atoms with Crippen LogP contribution in [0.4, 0.5) is 0 Å². The molecule has 0 heterocycles. The third-order valence-electron chi connectivity index (χ3n) is 6.97. The van der Waals surface area contributed by atoms with E-state index in [-0.39, 0.29) is 18.5 Å². The van der Waals surface area contributed by atoms with Crippen molar-refractivity contribution in [3.05, 3.63) is 12.2 Å². The van der Waals surface area contributed by atoms with Gasteiger partial charge in [-0.3, -0.25) is 9.59 Å². The minimum absolute atomic E-state index is 0.115. The van der Waals surface area contributed by atoms with Crippen LogP contribution in [0.1, 0.15) is 174 Å². The molecular formula is C32H60O4. The fourth-order valence-corrected chi connectivity index (χ4v) is 4.71. The van der Waals surface area contributed by atoms with E-state index in [2.05, 4.69) is 26.0 Å². The first-order valence-electron chi connectivity index (χ1n) is 15.7. The first-order valence-corrected chi connectivity index (χ1v) is 15.7. The van der Waals surface area contributed by atoms with Gasteiger partial charge in [-0.05, 0) is 51.4 Å². The van der Waals surface area contributed by atoms with Crippen LogP contribution in [-0.2, 0) is 14.3 Å².